The first-order valence-electron chi connectivity index (χ1n) is 7.23. The van der Waals surface area contributed by atoms with Gasteiger partial charge in [0, 0.05) is 37.6 Å². The Kier molecular flexibility index (Phi) is 3.19. The first kappa shape index (κ1) is 13.1. The van der Waals surface area contributed by atoms with Crippen LogP contribution in [0.5, 0.6) is 0 Å². The van der Waals surface area contributed by atoms with Crippen molar-refractivity contribution in [3.05, 3.63) is 42.6 Å². The highest BCUT2D eigenvalue weighted by molar-refractivity contribution is 5.78. The molecule has 0 bridgehead atoms. The molecule has 112 valence electrons. The Hall–Kier alpha value is -2.54. The van der Waals surface area contributed by atoms with Gasteiger partial charge in [0.25, 0.3) is 0 Å². The zero-order chi connectivity index (χ0) is 14.9. The van der Waals surface area contributed by atoms with Gasteiger partial charge >= 0.3 is 0 Å². The SMILES string of the molecule is Cn1nc([C@@H]2CN(c3cnccn3)CCO2)c2cccnc21. The summed E-state index contributed by atoms with van der Waals surface area (Å²) in [5.74, 6) is 0.870. The van der Waals surface area contributed by atoms with Crippen molar-refractivity contribution in [1.82, 2.24) is 24.7 Å². The summed E-state index contributed by atoms with van der Waals surface area (Å²) < 4.78 is 7.74. The first-order chi connectivity index (χ1) is 10.8. The Morgan fingerprint density at radius 2 is 2.18 bits per heavy atom. The van der Waals surface area contributed by atoms with Gasteiger partial charge in [0.15, 0.2) is 5.65 Å². The molecular formula is C15H16N6O. The molecule has 22 heavy (non-hydrogen) atoms. The molecular weight excluding hydrogens is 280 g/mol. The summed E-state index contributed by atoms with van der Waals surface area (Å²) in [6.45, 7) is 2.15. The lowest BCUT2D eigenvalue weighted by atomic mass is 10.1. The molecule has 1 saturated heterocycles. The molecule has 1 aliphatic heterocycles. The second-order valence-electron chi connectivity index (χ2n) is 5.25. The molecule has 0 saturated carbocycles. The number of morpholine rings is 1. The van der Waals surface area contributed by atoms with Crippen LogP contribution in [0.2, 0.25) is 0 Å². The highest BCUT2D eigenvalue weighted by Gasteiger charge is 2.27. The molecule has 4 heterocycles. The van der Waals surface area contributed by atoms with Gasteiger partial charge in [-0.3, -0.25) is 9.67 Å². The number of aromatic nitrogens is 5. The quantitative estimate of drug-likeness (QED) is 0.711. The van der Waals surface area contributed by atoms with E-state index in [1.807, 2.05) is 19.2 Å². The van der Waals surface area contributed by atoms with Crippen molar-refractivity contribution in [2.24, 2.45) is 7.05 Å². The standard InChI is InChI=1S/C15H16N6O/c1-20-15-11(3-2-4-18-15)14(19-20)12-10-21(7-8-22-12)13-9-16-5-6-17-13/h2-6,9,12H,7-8,10H2,1H3/t12-/m0/s1. The van der Waals surface area contributed by atoms with Crippen LogP contribution in [0.25, 0.3) is 11.0 Å². The number of nitrogens with zero attached hydrogens (tertiary/aromatic N) is 6. The molecule has 1 fully saturated rings. The van der Waals surface area contributed by atoms with Crippen molar-refractivity contribution in [3.63, 3.8) is 0 Å². The molecule has 7 nitrogen and oxygen atoms in total. The van der Waals surface area contributed by atoms with Crippen LogP contribution in [0.3, 0.4) is 0 Å². The molecule has 1 atom stereocenters. The van der Waals surface area contributed by atoms with E-state index in [2.05, 4.69) is 25.0 Å². The summed E-state index contributed by atoms with van der Waals surface area (Å²) in [6, 6.07) is 3.96. The van der Waals surface area contributed by atoms with Crippen molar-refractivity contribution in [2.75, 3.05) is 24.6 Å². The van der Waals surface area contributed by atoms with Crippen molar-refractivity contribution in [1.29, 1.82) is 0 Å². The fourth-order valence-corrected chi connectivity index (χ4v) is 2.83. The van der Waals surface area contributed by atoms with Gasteiger partial charge in [0.05, 0.1) is 19.3 Å². The van der Waals surface area contributed by atoms with Crippen LogP contribution < -0.4 is 4.90 Å². The minimum atomic E-state index is -0.0938. The van der Waals surface area contributed by atoms with Gasteiger partial charge in [-0.25, -0.2) is 9.97 Å². The predicted molar refractivity (Wildman–Crippen MR) is 81.4 cm³/mol. The van der Waals surface area contributed by atoms with Crippen molar-refractivity contribution >= 4 is 16.9 Å². The average molecular weight is 296 g/mol. The lowest BCUT2D eigenvalue weighted by Crippen LogP contribution is -2.39. The lowest BCUT2D eigenvalue weighted by Gasteiger charge is -2.32. The Labute approximate surface area is 127 Å². The van der Waals surface area contributed by atoms with Crippen LogP contribution in [0.15, 0.2) is 36.9 Å². The van der Waals surface area contributed by atoms with E-state index in [4.69, 9.17) is 4.74 Å². The Bertz CT molecular complexity index is 787. The molecule has 3 aromatic rings. The molecule has 4 rings (SSSR count). The number of fused-ring (bicyclic) bond motifs is 1. The summed E-state index contributed by atoms with van der Waals surface area (Å²) in [5, 5.41) is 5.65. The maximum Gasteiger partial charge on any atom is 0.157 e. The molecule has 0 N–H and O–H groups in total. The number of rotatable bonds is 2. The summed E-state index contributed by atoms with van der Waals surface area (Å²) in [6.07, 6.45) is 6.85. The molecule has 0 radical (unpaired) electrons. The van der Waals surface area contributed by atoms with Gasteiger partial charge in [0.2, 0.25) is 0 Å². The lowest BCUT2D eigenvalue weighted by molar-refractivity contribution is 0.0373. The van der Waals surface area contributed by atoms with Crippen LogP contribution in [0.4, 0.5) is 5.82 Å². The maximum absolute atomic E-state index is 5.94. The van der Waals surface area contributed by atoms with E-state index >= 15 is 0 Å². The smallest absolute Gasteiger partial charge is 0.157 e. The summed E-state index contributed by atoms with van der Waals surface area (Å²) >= 11 is 0. The van der Waals surface area contributed by atoms with Gasteiger partial charge in [-0.2, -0.15) is 5.10 Å². The van der Waals surface area contributed by atoms with Crippen LogP contribution in [0, 0.1) is 0 Å². The third-order valence-corrected chi connectivity index (χ3v) is 3.87. The molecule has 0 unspecified atom stereocenters. The van der Waals surface area contributed by atoms with E-state index in [0.717, 1.165) is 29.1 Å². The third-order valence-electron chi connectivity index (χ3n) is 3.87. The molecule has 0 aromatic carbocycles. The number of hydrogen-bond donors (Lipinski definition) is 0. The second kappa shape index (κ2) is 5.34. The zero-order valence-electron chi connectivity index (χ0n) is 12.3. The van der Waals surface area contributed by atoms with Gasteiger partial charge in [-0.05, 0) is 12.1 Å². The normalized spacial score (nSPS) is 18.8. The Balaban J connectivity index is 1.67. The van der Waals surface area contributed by atoms with Crippen molar-refractivity contribution < 1.29 is 4.74 Å². The van der Waals surface area contributed by atoms with E-state index in [0.29, 0.717) is 13.2 Å². The number of anilines is 1. The number of aryl methyl sites for hydroxylation is 1. The minimum absolute atomic E-state index is 0.0938. The van der Waals surface area contributed by atoms with E-state index in [1.54, 1.807) is 29.5 Å². The van der Waals surface area contributed by atoms with Crippen LogP contribution in [-0.2, 0) is 11.8 Å². The van der Waals surface area contributed by atoms with Gasteiger partial charge in [0.1, 0.15) is 17.6 Å². The van der Waals surface area contributed by atoms with Crippen LogP contribution >= 0.6 is 0 Å². The maximum atomic E-state index is 5.94. The topological polar surface area (TPSA) is 69.0 Å². The monoisotopic (exact) mass is 296 g/mol. The number of ether oxygens (including phenoxy) is 1. The third kappa shape index (κ3) is 2.19. The van der Waals surface area contributed by atoms with Crippen LogP contribution in [-0.4, -0.2) is 44.4 Å². The van der Waals surface area contributed by atoms with Crippen molar-refractivity contribution in [2.45, 2.75) is 6.10 Å². The highest BCUT2D eigenvalue weighted by atomic mass is 16.5. The minimum Gasteiger partial charge on any atom is -0.368 e. The molecule has 0 aliphatic carbocycles. The van der Waals surface area contributed by atoms with E-state index in [-0.39, 0.29) is 6.10 Å². The zero-order valence-corrected chi connectivity index (χ0v) is 12.3. The highest BCUT2D eigenvalue weighted by Crippen LogP contribution is 2.28. The van der Waals surface area contributed by atoms with Crippen LogP contribution in [0.1, 0.15) is 11.8 Å². The molecule has 1 aliphatic rings. The Morgan fingerprint density at radius 1 is 1.23 bits per heavy atom. The molecule has 3 aromatic heterocycles. The fraction of sp³-hybridized carbons (Fsp3) is 0.333. The second-order valence-corrected chi connectivity index (χ2v) is 5.25. The van der Waals surface area contributed by atoms with E-state index < -0.39 is 0 Å². The van der Waals surface area contributed by atoms with Gasteiger partial charge in [-0.15, -0.1) is 0 Å². The first-order valence-corrected chi connectivity index (χ1v) is 7.23. The molecule has 0 amide bonds. The Morgan fingerprint density at radius 3 is 3.05 bits per heavy atom. The molecule has 7 heteroatoms. The number of hydrogen-bond acceptors (Lipinski definition) is 6. The average Bonchev–Trinajstić information content (AvgIpc) is 2.93. The number of pyridine rings is 1. The molecule has 0 spiro atoms. The summed E-state index contributed by atoms with van der Waals surface area (Å²) in [7, 11) is 1.90. The largest absolute Gasteiger partial charge is 0.368 e. The van der Waals surface area contributed by atoms with E-state index in [9.17, 15) is 0 Å². The van der Waals surface area contributed by atoms with Gasteiger partial charge in [-0.1, -0.05) is 0 Å². The van der Waals surface area contributed by atoms with Crippen molar-refractivity contribution in [3.8, 4) is 0 Å². The van der Waals surface area contributed by atoms with Gasteiger partial charge < -0.3 is 9.64 Å². The fourth-order valence-electron chi connectivity index (χ4n) is 2.83. The van der Waals surface area contributed by atoms with E-state index in [1.165, 1.54) is 0 Å². The predicted octanol–water partition coefficient (Wildman–Crippen LogP) is 1.34. The summed E-state index contributed by atoms with van der Waals surface area (Å²) in [4.78, 5) is 15.1. The summed E-state index contributed by atoms with van der Waals surface area (Å²) in [5.41, 5.74) is 1.80.